The summed E-state index contributed by atoms with van der Waals surface area (Å²) in [5, 5.41) is 37.7. The van der Waals surface area contributed by atoms with Crippen molar-refractivity contribution in [2.24, 2.45) is 0 Å². The summed E-state index contributed by atoms with van der Waals surface area (Å²) in [6, 6.07) is 7.72. The van der Waals surface area contributed by atoms with Gasteiger partial charge in [0.1, 0.15) is 31.0 Å². The molecule has 0 aliphatic carbocycles. The Labute approximate surface area is 347 Å². The third-order valence-electron chi connectivity index (χ3n) is 11.5. The minimum absolute atomic E-state index is 0.0190. The van der Waals surface area contributed by atoms with Crippen LogP contribution in [0.15, 0.2) is 30.3 Å². The number of aliphatic hydroxyl groups is 3. The Kier molecular flexibility index (Phi) is 30.7. The van der Waals surface area contributed by atoms with Gasteiger partial charge in [-0.1, -0.05) is 211 Å². The van der Waals surface area contributed by atoms with Crippen LogP contribution in [0.3, 0.4) is 0 Å². The van der Waals surface area contributed by atoms with Crippen molar-refractivity contribution < 1.29 is 34.4 Å². The number of aliphatic hydroxyl groups excluding tert-OH is 3. The number of carbonyl (C=O) groups excluding carboxylic acids is 2. The summed E-state index contributed by atoms with van der Waals surface area (Å²) in [5.74, 6) is 0. The Balaban J connectivity index is 1.85. The van der Waals surface area contributed by atoms with Crippen molar-refractivity contribution in [2.75, 3.05) is 19.7 Å². The lowest BCUT2D eigenvalue weighted by atomic mass is 9.95. The molecule has 0 bridgehead atoms. The number of benzene rings is 1. The van der Waals surface area contributed by atoms with Crippen LogP contribution < -0.4 is 10.6 Å². The monoisotopic (exact) mass is 804 g/mol. The van der Waals surface area contributed by atoms with Gasteiger partial charge in [0.2, 0.25) is 0 Å². The van der Waals surface area contributed by atoms with Crippen LogP contribution in [-0.2, 0) is 16.1 Å². The molecule has 57 heavy (non-hydrogen) atoms. The maximum Gasteiger partial charge on any atom is 0.407 e. The zero-order valence-corrected chi connectivity index (χ0v) is 36.3. The van der Waals surface area contributed by atoms with Crippen LogP contribution in [0.1, 0.15) is 199 Å². The van der Waals surface area contributed by atoms with E-state index in [0.717, 1.165) is 50.5 Å². The molecule has 0 saturated carbocycles. The van der Waals surface area contributed by atoms with E-state index in [0.29, 0.717) is 13.1 Å². The summed E-state index contributed by atoms with van der Waals surface area (Å²) in [5.41, 5.74) is 0.798. The molecule has 5 atom stereocenters. The molecular weight excluding hydrogens is 719 g/mol. The average Bonchev–Trinajstić information content (AvgIpc) is 3.22. The van der Waals surface area contributed by atoms with Crippen LogP contribution in [0.5, 0.6) is 0 Å². The van der Waals surface area contributed by atoms with E-state index in [-0.39, 0.29) is 12.6 Å². The zero-order valence-electron chi connectivity index (χ0n) is 36.3. The van der Waals surface area contributed by atoms with Gasteiger partial charge in [0, 0.05) is 13.1 Å². The van der Waals surface area contributed by atoms with Crippen LogP contribution in [0.2, 0.25) is 0 Å². The third kappa shape index (κ3) is 23.7. The number of urea groups is 1. The lowest BCUT2D eigenvalue weighted by molar-refractivity contribution is -0.222. The van der Waals surface area contributed by atoms with E-state index < -0.39 is 43.3 Å². The summed E-state index contributed by atoms with van der Waals surface area (Å²) in [4.78, 5) is 28.4. The number of unbranched alkanes of at least 4 members (excludes halogenated alkanes) is 26. The third-order valence-corrected chi connectivity index (χ3v) is 11.5. The molecule has 0 spiro atoms. The molecular formula is C47H85N3O7. The van der Waals surface area contributed by atoms with Gasteiger partial charge >= 0.3 is 12.1 Å². The molecule has 330 valence electrons. The summed E-state index contributed by atoms with van der Waals surface area (Å²) in [7, 11) is 0. The van der Waals surface area contributed by atoms with Crippen molar-refractivity contribution in [1.29, 1.82) is 0 Å². The normalized spacial score (nSPS) is 19.4. The second-order valence-corrected chi connectivity index (χ2v) is 16.6. The number of hydrogen-bond acceptors (Lipinski definition) is 7. The van der Waals surface area contributed by atoms with E-state index in [2.05, 4.69) is 24.5 Å². The van der Waals surface area contributed by atoms with Crippen molar-refractivity contribution in [2.45, 2.75) is 231 Å². The molecule has 0 radical (unpaired) electrons. The largest absolute Gasteiger partial charge is 0.445 e. The topological polar surface area (TPSA) is 141 Å². The van der Waals surface area contributed by atoms with Gasteiger partial charge in [-0.25, -0.2) is 9.59 Å². The van der Waals surface area contributed by atoms with E-state index in [1.165, 1.54) is 140 Å². The van der Waals surface area contributed by atoms with E-state index in [9.17, 15) is 24.9 Å². The molecule has 0 aromatic heterocycles. The highest BCUT2D eigenvalue weighted by atomic mass is 16.6. The highest BCUT2D eigenvalue weighted by Gasteiger charge is 2.48. The highest BCUT2D eigenvalue weighted by molar-refractivity contribution is 5.75. The molecule has 1 aromatic rings. The minimum atomic E-state index is -1.50. The number of alkyl carbamates (subject to hydrolysis) is 1. The molecule has 1 fully saturated rings. The SMILES string of the molecule is CCCCCCCCCCCCCCCCCCNC(=O)N(CCCCCCCCCCCCCC)[C@@H]1O[C@H](CO)[C@@H](O)[C@H](O)[C@H]1NC(=O)OCc1ccccc1. The molecule has 10 nitrogen and oxygen atoms in total. The molecule has 3 amide bonds. The molecule has 10 heteroatoms. The van der Waals surface area contributed by atoms with Gasteiger partial charge in [-0.05, 0) is 18.4 Å². The van der Waals surface area contributed by atoms with E-state index in [1.807, 2.05) is 30.3 Å². The predicted octanol–water partition coefficient (Wildman–Crippen LogP) is 10.7. The first-order valence-corrected chi connectivity index (χ1v) is 23.6. The maximum atomic E-state index is 13.8. The summed E-state index contributed by atoms with van der Waals surface area (Å²) in [6.07, 6.45) is 28.7. The number of ether oxygens (including phenoxy) is 2. The molecule has 1 heterocycles. The number of carbonyl (C=O) groups is 2. The lowest BCUT2D eigenvalue weighted by Crippen LogP contribution is -2.69. The molecule has 1 aliphatic rings. The van der Waals surface area contributed by atoms with Gasteiger partial charge in [-0.3, -0.25) is 4.90 Å². The fourth-order valence-electron chi connectivity index (χ4n) is 7.86. The van der Waals surface area contributed by atoms with Crippen LogP contribution in [0, 0.1) is 0 Å². The van der Waals surface area contributed by atoms with E-state index in [1.54, 1.807) is 0 Å². The molecule has 2 rings (SSSR count). The Morgan fingerprint density at radius 3 is 1.53 bits per heavy atom. The van der Waals surface area contributed by atoms with Crippen LogP contribution in [-0.4, -0.2) is 82.6 Å². The molecule has 5 N–H and O–H groups in total. The van der Waals surface area contributed by atoms with E-state index >= 15 is 0 Å². The Morgan fingerprint density at radius 2 is 1.07 bits per heavy atom. The molecule has 1 aromatic carbocycles. The van der Waals surface area contributed by atoms with Crippen molar-refractivity contribution >= 4 is 12.1 Å². The number of hydrogen-bond donors (Lipinski definition) is 5. The molecule has 1 saturated heterocycles. The molecule has 0 unspecified atom stereocenters. The first kappa shape index (κ1) is 50.7. The van der Waals surface area contributed by atoms with Gasteiger partial charge in [-0.2, -0.15) is 0 Å². The standard InChI is InChI=1S/C47H85N3O7/c1-3-5-7-9-11-13-15-17-18-19-20-21-23-25-27-32-36-48-46(54)50(37-33-28-26-24-22-16-14-12-10-8-6-4-2)45-42(44(53)43(52)41(38-51)57-45)49-47(55)56-39-40-34-30-29-31-35-40/h29-31,34-35,41-45,51-53H,3-28,32-33,36-39H2,1-2H3,(H,48,54)(H,49,55)/t41-,42-,43-,44-,45-/m1/s1. The number of amides is 3. The first-order chi connectivity index (χ1) is 27.9. The van der Waals surface area contributed by atoms with Crippen LogP contribution in [0.4, 0.5) is 9.59 Å². The second-order valence-electron chi connectivity index (χ2n) is 16.6. The smallest absolute Gasteiger partial charge is 0.407 e. The summed E-state index contributed by atoms with van der Waals surface area (Å²) >= 11 is 0. The lowest BCUT2D eigenvalue weighted by Gasteiger charge is -2.46. The zero-order chi connectivity index (χ0) is 41.2. The Hall–Kier alpha value is -2.40. The summed E-state index contributed by atoms with van der Waals surface area (Å²) in [6.45, 7) is 4.83. The number of nitrogens with one attached hydrogen (secondary N) is 2. The minimum Gasteiger partial charge on any atom is -0.445 e. The number of rotatable bonds is 35. The van der Waals surface area contributed by atoms with Crippen LogP contribution in [0.25, 0.3) is 0 Å². The van der Waals surface area contributed by atoms with Crippen molar-refractivity contribution in [3.8, 4) is 0 Å². The highest BCUT2D eigenvalue weighted by Crippen LogP contribution is 2.25. The fraction of sp³-hybridized carbons (Fsp3) is 0.830. The summed E-state index contributed by atoms with van der Waals surface area (Å²) < 4.78 is 11.5. The second kappa shape index (κ2) is 34.5. The van der Waals surface area contributed by atoms with Crippen molar-refractivity contribution in [1.82, 2.24) is 15.5 Å². The van der Waals surface area contributed by atoms with Gasteiger partial charge in [0.15, 0.2) is 6.23 Å². The van der Waals surface area contributed by atoms with Crippen molar-refractivity contribution in [3.05, 3.63) is 35.9 Å². The predicted molar refractivity (Wildman–Crippen MR) is 232 cm³/mol. The first-order valence-electron chi connectivity index (χ1n) is 23.6. The van der Waals surface area contributed by atoms with Crippen molar-refractivity contribution in [3.63, 3.8) is 0 Å². The molecule has 1 aliphatic heterocycles. The van der Waals surface area contributed by atoms with Gasteiger partial charge in [-0.15, -0.1) is 0 Å². The number of nitrogens with zero attached hydrogens (tertiary/aromatic N) is 1. The quantitative estimate of drug-likeness (QED) is 0.0430. The maximum absolute atomic E-state index is 13.8. The fourth-order valence-corrected chi connectivity index (χ4v) is 7.86. The Bertz CT molecular complexity index is 1100. The van der Waals surface area contributed by atoms with E-state index in [4.69, 9.17) is 9.47 Å². The van der Waals surface area contributed by atoms with Gasteiger partial charge in [0.05, 0.1) is 6.61 Å². The van der Waals surface area contributed by atoms with Gasteiger partial charge in [0.25, 0.3) is 0 Å². The average molecular weight is 804 g/mol. The van der Waals surface area contributed by atoms with Gasteiger partial charge < -0.3 is 35.4 Å². The Morgan fingerprint density at radius 1 is 0.632 bits per heavy atom. The van der Waals surface area contributed by atoms with Crippen LogP contribution >= 0.6 is 0 Å².